The van der Waals surface area contributed by atoms with Gasteiger partial charge in [-0.3, -0.25) is 9.79 Å². The number of anilines is 1. The highest BCUT2D eigenvalue weighted by molar-refractivity contribution is 6.39. The van der Waals surface area contributed by atoms with Gasteiger partial charge in [-0.25, -0.2) is 4.79 Å². The molecule has 5 aromatic carbocycles. The van der Waals surface area contributed by atoms with Gasteiger partial charge in [0.05, 0.1) is 26.7 Å². The number of ether oxygens (including phenoxy) is 1. The molecule has 0 radical (unpaired) electrons. The van der Waals surface area contributed by atoms with Crippen molar-refractivity contribution in [3.8, 4) is 11.5 Å². The average molecular weight is 650 g/mol. The lowest BCUT2D eigenvalue weighted by atomic mass is 9.77. The summed E-state index contributed by atoms with van der Waals surface area (Å²) in [5.41, 5.74) is 4.04. The fourth-order valence-corrected chi connectivity index (χ4v) is 8.63. The van der Waals surface area contributed by atoms with Gasteiger partial charge in [-0.05, 0) is 16.8 Å². The Kier molecular flexibility index (Phi) is 6.04. The Morgan fingerprint density at radius 3 is 2.24 bits per heavy atom. The number of rotatable bonds is 3. The van der Waals surface area contributed by atoms with Gasteiger partial charge in [0.1, 0.15) is 11.5 Å². The molecule has 3 aliphatic rings. The predicted octanol–water partition coefficient (Wildman–Crippen LogP) is 7.80. The second-order valence-corrected chi connectivity index (χ2v) is 14.6. The monoisotopic (exact) mass is 648 g/mol. The van der Waals surface area contributed by atoms with Crippen LogP contribution in [0.2, 0.25) is 10.0 Å². The summed E-state index contributed by atoms with van der Waals surface area (Å²) in [6.07, 6.45) is 0.666. The van der Waals surface area contributed by atoms with E-state index in [1.54, 1.807) is 0 Å². The summed E-state index contributed by atoms with van der Waals surface area (Å²) in [6.45, 7) is 10.1. The minimum absolute atomic E-state index is 0.0141. The van der Waals surface area contributed by atoms with E-state index < -0.39 is 5.97 Å². The van der Waals surface area contributed by atoms with Crippen LogP contribution in [0.4, 0.5) is 5.69 Å². The number of aldehydes is 1. The summed E-state index contributed by atoms with van der Waals surface area (Å²) in [5.74, 6) is 0.0876. The van der Waals surface area contributed by atoms with Crippen LogP contribution < -0.4 is 20.2 Å². The molecule has 0 amide bonds. The van der Waals surface area contributed by atoms with Gasteiger partial charge < -0.3 is 14.7 Å². The SMILES string of the molecule is CN1CC(C)(C)c2c3c(c4ccccc4c21)C(c1c(Cl)c(C(=O)O)cc(Cl)c1C=O)=c1c(c2c(c4ccccc14)=NCC2(C)C)O3. The second-order valence-electron chi connectivity index (χ2n) is 13.8. The van der Waals surface area contributed by atoms with Gasteiger partial charge in [0.2, 0.25) is 0 Å². The number of nitrogens with zero attached hydrogens (tertiary/aromatic N) is 2. The molecule has 0 aliphatic carbocycles. The molecular weight excluding hydrogens is 619 g/mol. The zero-order chi connectivity index (χ0) is 32.4. The van der Waals surface area contributed by atoms with Crippen molar-refractivity contribution >= 4 is 68.3 Å². The summed E-state index contributed by atoms with van der Waals surface area (Å²) >= 11 is 13.8. The zero-order valence-corrected chi connectivity index (χ0v) is 27.5. The summed E-state index contributed by atoms with van der Waals surface area (Å²) in [5, 5.41) is 15.6. The zero-order valence-electron chi connectivity index (χ0n) is 26.0. The van der Waals surface area contributed by atoms with Crippen LogP contribution in [0.25, 0.3) is 27.1 Å². The number of carboxylic acids is 1. The molecular formula is C38H30Cl2N2O4. The maximum absolute atomic E-state index is 12.9. The lowest BCUT2D eigenvalue weighted by molar-refractivity contribution is 0.0696. The molecule has 3 aliphatic heterocycles. The van der Waals surface area contributed by atoms with Crippen LogP contribution in [0, 0.1) is 0 Å². The molecule has 3 heterocycles. The molecule has 46 heavy (non-hydrogen) atoms. The van der Waals surface area contributed by atoms with Gasteiger partial charge in [0.15, 0.2) is 6.29 Å². The van der Waals surface area contributed by atoms with E-state index in [4.69, 9.17) is 32.9 Å². The van der Waals surface area contributed by atoms with Crippen LogP contribution in [-0.4, -0.2) is 37.5 Å². The first kappa shape index (κ1) is 29.0. The molecule has 0 saturated heterocycles. The molecule has 8 rings (SSSR count). The Bertz CT molecular complexity index is 2390. The van der Waals surface area contributed by atoms with Crippen LogP contribution in [0.5, 0.6) is 11.5 Å². The Balaban J connectivity index is 1.75. The third-order valence-electron chi connectivity index (χ3n) is 9.84. The molecule has 0 spiro atoms. The second kappa shape index (κ2) is 9.57. The fourth-order valence-electron chi connectivity index (χ4n) is 8.05. The maximum Gasteiger partial charge on any atom is 0.337 e. The molecule has 230 valence electrons. The van der Waals surface area contributed by atoms with E-state index in [0.29, 0.717) is 29.9 Å². The molecule has 0 bridgehead atoms. The number of fused-ring (bicyclic) bond motifs is 12. The number of benzene rings is 5. The highest BCUT2D eigenvalue weighted by Crippen LogP contribution is 2.57. The van der Waals surface area contributed by atoms with Crippen molar-refractivity contribution in [1.29, 1.82) is 0 Å². The van der Waals surface area contributed by atoms with Gasteiger partial charge >= 0.3 is 5.97 Å². The molecule has 0 atom stereocenters. The van der Waals surface area contributed by atoms with Gasteiger partial charge in [-0.2, -0.15) is 0 Å². The highest BCUT2D eigenvalue weighted by Gasteiger charge is 2.44. The van der Waals surface area contributed by atoms with Crippen LogP contribution >= 0.6 is 23.2 Å². The van der Waals surface area contributed by atoms with E-state index in [9.17, 15) is 14.7 Å². The molecule has 8 heteroatoms. The van der Waals surface area contributed by atoms with Crippen molar-refractivity contribution in [3.05, 3.63) is 109 Å². The molecule has 5 aromatic rings. The lowest BCUT2D eigenvalue weighted by Crippen LogP contribution is -2.31. The summed E-state index contributed by atoms with van der Waals surface area (Å²) < 4.78 is 7.28. The molecule has 0 aromatic heterocycles. The van der Waals surface area contributed by atoms with E-state index >= 15 is 0 Å². The summed E-state index contributed by atoms with van der Waals surface area (Å²) in [6, 6.07) is 17.4. The molecule has 1 N–H and O–H groups in total. The molecule has 0 unspecified atom stereocenters. The third kappa shape index (κ3) is 3.68. The minimum Gasteiger partial charge on any atom is -0.478 e. The van der Waals surface area contributed by atoms with Crippen molar-refractivity contribution in [2.45, 2.75) is 38.5 Å². The number of hydrogen-bond acceptors (Lipinski definition) is 5. The van der Waals surface area contributed by atoms with E-state index in [2.05, 4.69) is 45.7 Å². The van der Waals surface area contributed by atoms with Crippen LogP contribution in [0.15, 0.2) is 59.6 Å². The number of aromatic carboxylic acids is 1. The number of likely N-dealkylation sites (N-methyl/N-ethyl adjacent to an activating group) is 1. The first-order chi connectivity index (χ1) is 21.9. The van der Waals surface area contributed by atoms with Crippen molar-refractivity contribution in [3.63, 3.8) is 0 Å². The quantitative estimate of drug-likeness (QED) is 0.198. The number of carbonyl (C=O) groups is 2. The van der Waals surface area contributed by atoms with Crippen molar-refractivity contribution in [2.75, 3.05) is 25.0 Å². The largest absolute Gasteiger partial charge is 0.478 e. The Morgan fingerprint density at radius 1 is 0.913 bits per heavy atom. The Morgan fingerprint density at radius 2 is 1.57 bits per heavy atom. The predicted molar refractivity (Wildman–Crippen MR) is 183 cm³/mol. The molecule has 0 fully saturated rings. The Hall–Kier alpha value is -4.39. The lowest BCUT2D eigenvalue weighted by Gasteiger charge is -2.32. The maximum atomic E-state index is 12.9. The number of halogens is 2. The van der Waals surface area contributed by atoms with Gasteiger partial charge in [-0.15, -0.1) is 0 Å². The standard InChI is InChI=1S/C38H30Cl2N2O4/c1-37(2)16-41-32-20-12-8-6-10-18(20)26-28(25-23(15-43)24(39)14-22(31(25)40)36(44)45)27-19-11-7-9-13-21(19)33-30(38(3,4)17-42(33)5)35(27)46-34(26)29(32)37/h6-15H,16-17H2,1-5H3,(H,44,45). The Labute approximate surface area is 275 Å². The van der Waals surface area contributed by atoms with E-state index in [-0.39, 0.29) is 37.6 Å². The topological polar surface area (TPSA) is 79.2 Å². The summed E-state index contributed by atoms with van der Waals surface area (Å²) in [7, 11) is 2.10. The number of hydrogen-bond donors (Lipinski definition) is 1. The smallest absolute Gasteiger partial charge is 0.337 e. The first-order valence-electron chi connectivity index (χ1n) is 15.2. The fraction of sp³-hybridized carbons (Fsp3) is 0.237. The van der Waals surface area contributed by atoms with Gasteiger partial charge in [0.25, 0.3) is 0 Å². The van der Waals surface area contributed by atoms with Gasteiger partial charge in [0, 0.05) is 80.3 Å². The van der Waals surface area contributed by atoms with Crippen molar-refractivity contribution in [1.82, 2.24) is 0 Å². The van der Waals surface area contributed by atoms with Crippen molar-refractivity contribution in [2.24, 2.45) is 4.99 Å². The third-order valence-corrected chi connectivity index (χ3v) is 10.5. The number of carboxylic acid groups (broad SMARTS) is 1. The van der Waals surface area contributed by atoms with E-state index in [1.807, 2.05) is 42.5 Å². The van der Waals surface area contributed by atoms with Crippen molar-refractivity contribution < 1.29 is 19.4 Å². The summed E-state index contributed by atoms with van der Waals surface area (Å²) in [4.78, 5) is 32.8. The minimum atomic E-state index is -1.24. The first-order valence-corrected chi connectivity index (χ1v) is 16.0. The van der Waals surface area contributed by atoms with E-state index in [0.717, 1.165) is 61.0 Å². The normalized spacial score (nSPS) is 16.8. The molecule has 0 saturated carbocycles. The van der Waals surface area contributed by atoms with E-state index in [1.165, 1.54) is 6.07 Å². The molecule has 6 nitrogen and oxygen atoms in total. The average Bonchev–Trinajstić information content (AvgIpc) is 3.47. The number of carbonyl (C=O) groups excluding carboxylic acids is 1. The van der Waals surface area contributed by atoms with Crippen LogP contribution in [0.3, 0.4) is 0 Å². The van der Waals surface area contributed by atoms with Crippen LogP contribution in [-0.2, 0) is 10.8 Å². The van der Waals surface area contributed by atoms with Gasteiger partial charge in [-0.1, -0.05) is 99.4 Å². The highest BCUT2D eigenvalue weighted by atomic mass is 35.5. The van der Waals surface area contributed by atoms with Crippen LogP contribution in [0.1, 0.15) is 70.7 Å².